The van der Waals surface area contributed by atoms with Crippen molar-refractivity contribution in [1.29, 1.82) is 0 Å². The van der Waals surface area contributed by atoms with Crippen LogP contribution in [0.3, 0.4) is 0 Å². The first kappa shape index (κ1) is 47.7. The fourth-order valence-corrected chi connectivity index (χ4v) is 6.03. The van der Waals surface area contributed by atoms with Crippen LogP contribution in [0.4, 0.5) is 0 Å². The van der Waals surface area contributed by atoms with Crippen LogP contribution < -0.4 is 0 Å². The first-order valence-electron chi connectivity index (χ1n) is 20.4. The molecule has 0 radical (unpaired) electrons. The summed E-state index contributed by atoms with van der Waals surface area (Å²) in [6.45, 7) is 3.75. The first-order valence-corrected chi connectivity index (χ1v) is 20.4. The highest BCUT2D eigenvalue weighted by molar-refractivity contribution is 5.73. The molecule has 302 valence electrons. The van der Waals surface area contributed by atoms with E-state index in [-0.39, 0.29) is 19.4 Å². The summed E-state index contributed by atoms with van der Waals surface area (Å²) in [5.41, 5.74) is 0. The van der Waals surface area contributed by atoms with Gasteiger partial charge < -0.3 is 39.4 Å². The number of aliphatic carboxylic acids is 1. The lowest BCUT2D eigenvalue weighted by Crippen LogP contribution is -2.60. The number of hydrogen-bond donors (Lipinski definition) is 4. The lowest BCUT2D eigenvalue weighted by atomic mass is 9.99. The van der Waals surface area contributed by atoms with E-state index >= 15 is 0 Å². The number of esters is 2. The number of carboxylic acid groups (broad SMARTS) is 1. The first-order chi connectivity index (χ1) is 25.2. The second-order valence-corrected chi connectivity index (χ2v) is 14.1. The number of carbonyl (C=O) groups is 3. The Bertz CT molecular complexity index is 968. The molecule has 6 unspecified atom stereocenters. The standard InChI is InChI=1S/C41H72O11/c1-3-5-7-9-11-13-15-16-17-18-20-21-23-25-27-29-34(42)49-31-33(32-50-41-38(46)36(44)37(45)39(52-41)40(47)48)51-35(43)30-28-26-24-22-19-14-12-10-8-6-4-2/h11,13,16-17,33,36-39,41,44-46H,3-10,12,14-15,18-32H2,1-2H3,(H,47,48)/b13-11-,17-16-. The summed E-state index contributed by atoms with van der Waals surface area (Å²) in [6.07, 6.45) is 23.8. The van der Waals surface area contributed by atoms with E-state index in [1.807, 2.05) is 0 Å². The summed E-state index contributed by atoms with van der Waals surface area (Å²) in [5, 5.41) is 39.7. The maximum Gasteiger partial charge on any atom is 0.335 e. The van der Waals surface area contributed by atoms with Gasteiger partial charge in [0.25, 0.3) is 0 Å². The van der Waals surface area contributed by atoms with Gasteiger partial charge in [0.05, 0.1) is 6.61 Å². The van der Waals surface area contributed by atoms with E-state index in [2.05, 4.69) is 38.2 Å². The molecule has 1 fully saturated rings. The molecule has 11 nitrogen and oxygen atoms in total. The number of rotatable bonds is 33. The van der Waals surface area contributed by atoms with E-state index in [0.29, 0.717) is 12.8 Å². The zero-order chi connectivity index (χ0) is 38.2. The van der Waals surface area contributed by atoms with Crippen LogP contribution in [0.1, 0.15) is 168 Å². The van der Waals surface area contributed by atoms with E-state index in [1.54, 1.807) is 0 Å². The number of unbranched alkanes of at least 4 members (excludes halogenated alkanes) is 18. The SMILES string of the molecule is CCCCC/C=C\C/C=C\CCCCCCCC(=O)OCC(COC1OC(C(=O)O)C(O)C(O)C1O)OC(=O)CCCCCCCCCCCCC. The third-order valence-electron chi connectivity index (χ3n) is 9.30. The quantitative estimate of drug-likeness (QED) is 0.0294. The number of ether oxygens (including phenoxy) is 4. The van der Waals surface area contributed by atoms with Crippen molar-refractivity contribution in [3.63, 3.8) is 0 Å². The summed E-state index contributed by atoms with van der Waals surface area (Å²) in [6, 6.07) is 0. The largest absolute Gasteiger partial charge is 0.479 e. The second kappa shape index (κ2) is 32.1. The Morgan fingerprint density at radius 3 is 1.63 bits per heavy atom. The highest BCUT2D eigenvalue weighted by Crippen LogP contribution is 2.23. The number of aliphatic hydroxyl groups is 3. The molecule has 1 aliphatic rings. The normalized spacial score (nSPS) is 21.1. The van der Waals surface area contributed by atoms with Crippen molar-refractivity contribution >= 4 is 17.9 Å². The van der Waals surface area contributed by atoms with Crippen molar-refractivity contribution in [2.45, 2.75) is 205 Å². The Balaban J connectivity index is 2.42. The van der Waals surface area contributed by atoms with Crippen molar-refractivity contribution in [2.75, 3.05) is 13.2 Å². The third-order valence-corrected chi connectivity index (χ3v) is 9.30. The average molecular weight is 741 g/mol. The molecule has 0 aromatic heterocycles. The lowest BCUT2D eigenvalue weighted by molar-refractivity contribution is -0.298. The van der Waals surface area contributed by atoms with Crippen molar-refractivity contribution in [1.82, 2.24) is 0 Å². The van der Waals surface area contributed by atoms with Crippen molar-refractivity contribution < 1.29 is 53.8 Å². The molecule has 11 heteroatoms. The van der Waals surface area contributed by atoms with Crippen LogP contribution in [-0.4, -0.2) is 88.4 Å². The van der Waals surface area contributed by atoms with Crippen LogP contribution >= 0.6 is 0 Å². The molecule has 0 aromatic rings. The van der Waals surface area contributed by atoms with Gasteiger partial charge in [0.15, 0.2) is 18.5 Å². The van der Waals surface area contributed by atoms with Crippen molar-refractivity contribution in [3.05, 3.63) is 24.3 Å². The van der Waals surface area contributed by atoms with Crippen LogP contribution in [0.25, 0.3) is 0 Å². The minimum absolute atomic E-state index is 0.183. The molecule has 1 aliphatic heterocycles. The van der Waals surface area contributed by atoms with Gasteiger partial charge in [-0.25, -0.2) is 4.79 Å². The third kappa shape index (κ3) is 24.1. The monoisotopic (exact) mass is 741 g/mol. The van der Waals surface area contributed by atoms with E-state index in [4.69, 9.17) is 18.9 Å². The summed E-state index contributed by atoms with van der Waals surface area (Å²) in [7, 11) is 0. The van der Waals surface area contributed by atoms with Gasteiger partial charge in [-0.1, -0.05) is 134 Å². The smallest absolute Gasteiger partial charge is 0.335 e. The van der Waals surface area contributed by atoms with Crippen LogP contribution in [0.15, 0.2) is 24.3 Å². The topological polar surface area (TPSA) is 169 Å². The van der Waals surface area contributed by atoms with Gasteiger partial charge >= 0.3 is 17.9 Å². The molecule has 6 atom stereocenters. The van der Waals surface area contributed by atoms with E-state index in [1.165, 1.54) is 64.2 Å². The van der Waals surface area contributed by atoms with Gasteiger partial charge in [-0.05, 0) is 44.9 Å². The zero-order valence-electron chi connectivity index (χ0n) is 32.3. The highest BCUT2D eigenvalue weighted by atomic mass is 16.7. The molecular formula is C41H72O11. The molecular weight excluding hydrogens is 668 g/mol. The number of hydrogen-bond acceptors (Lipinski definition) is 10. The van der Waals surface area contributed by atoms with Gasteiger partial charge in [-0.3, -0.25) is 9.59 Å². The number of aliphatic hydroxyl groups excluding tert-OH is 3. The fraction of sp³-hybridized carbons (Fsp3) is 0.829. The predicted molar refractivity (Wildman–Crippen MR) is 202 cm³/mol. The fourth-order valence-electron chi connectivity index (χ4n) is 6.03. The number of carboxylic acids is 1. The molecule has 0 saturated carbocycles. The number of allylic oxidation sites excluding steroid dienone is 4. The van der Waals surface area contributed by atoms with E-state index < -0.39 is 61.3 Å². The van der Waals surface area contributed by atoms with Gasteiger partial charge in [0, 0.05) is 12.8 Å². The molecule has 4 N–H and O–H groups in total. The molecule has 0 bridgehead atoms. The number of carbonyl (C=O) groups excluding carboxylic acids is 2. The molecule has 0 aromatic carbocycles. The summed E-state index contributed by atoms with van der Waals surface area (Å²) in [4.78, 5) is 36.6. The van der Waals surface area contributed by atoms with Gasteiger partial charge in [-0.15, -0.1) is 0 Å². The Morgan fingerprint density at radius 1 is 0.596 bits per heavy atom. The Morgan fingerprint density at radius 2 is 1.08 bits per heavy atom. The zero-order valence-corrected chi connectivity index (χ0v) is 32.3. The Kier molecular flexibility index (Phi) is 29.5. The van der Waals surface area contributed by atoms with Crippen LogP contribution in [0.5, 0.6) is 0 Å². The second-order valence-electron chi connectivity index (χ2n) is 14.1. The van der Waals surface area contributed by atoms with Gasteiger partial charge in [-0.2, -0.15) is 0 Å². The molecule has 52 heavy (non-hydrogen) atoms. The van der Waals surface area contributed by atoms with Crippen molar-refractivity contribution in [3.8, 4) is 0 Å². The summed E-state index contributed by atoms with van der Waals surface area (Å²) < 4.78 is 21.6. The van der Waals surface area contributed by atoms with E-state index in [0.717, 1.165) is 64.2 Å². The molecule has 1 saturated heterocycles. The average Bonchev–Trinajstić information content (AvgIpc) is 3.12. The van der Waals surface area contributed by atoms with Crippen LogP contribution in [-0.2, 0) is 33.3 Å². The maximum atomic E-state index is 12.7. The van der Waals surface area contributed by atoms with Gasteiger partial charge in [0.1, 0.15) is 24.9 Å². The minimum atomic E-state index is -1.86. The summed E-state index contributed by atoms with van der Waals surface area (Å²) >= 11 is 0. The molecule has 0 aliphatic carbocycles. The van der Waals surface area contributed by atoms with Gasteiger partial charge in [0.2, 0.25) is 0 Å². The molecule has 0 amide bonds. The highest BCUT2D eigenvalue weighted by Gasteiger charge is 2.47. The van der Waals surface area contributed by atoms with Crippen LogP contribution in [0, 0.1) is 0 Å². The van der Waals surface area contributed by atoms with Crippen LogP contribution in [0.2, 0.25) is 0 Å². The molecule has 1 rings (SSSR count). The molecule has 1 heterocycles. The minimum Gasteiger partial charge on any atom is -0.479 e. The predicted octanol–water partition coefficient (Wildman–Crippen LogP) is 7.86. The van der Waals surface area contributed by atoms with Crippen molar-refractivity contribution in [2.24, 2.45) is 0 Å². The Hall–Kier alpha value is -2.31. The van der Waals surface area contributed by atoms with E-state index in [9.17, 15) is 34.8 Å². The summed E-state index contributed by atoms with van der Waals surface area (Å²) in [5.74, 6) is -2.46. The Labute approximate surface area is 313 Å². The molecule has 0 spiro atoms. The lowest BCUT2D eigenvalue weighted by Gasteiger charge is -2.38. The maximum absolute atomic E-state index is 12.7.